The zero-order chi connectivity index (χ0) is 27.0. The molecule has 0 spiro atoms. The van der Waals surface area contributed by atoms with Crippen molar-refractivity contribution in [2.24, 2.45) is 23.2 Å². The van der Waals surface area contributed by atoms with Gasteiger partial charge in [-0.1, -0.05) is 41.5 Å². The van der Waals surface area contributed by atoms with Crippen molar-refractivity contribution in [3.63, 3.8) is 0 Å². The third-order valence-corrected chi connectivity index (χ3v) is 7.51. The van der Waals surface area contributed by atoms with Gasteiger partial charge in [0, 0.05) is 18.3 Å². The number of carbonyl (C=O) groups excluding carboxylic acids is 3. The van der Waals surface area contributed by atoms with Gasteiger partial charge in [-0.15, -0.1) is 0 Å². The van der Waals surface area contributed by atoms with E-state index in [9.17, 15) is 29.4 Å². The lowest BCUT2D eigenvalue weighted by molar-refractivity contribution is -0.152. The number of amides is 3. The molecule has 3 rings (SSSR count). The second-order valence-electron chi connectivity index (χ2n) is 11.4. The number of hydrogen-bond donors (Lipinski definition) is 4. The molecule has 2 heterocycles. The van der Waals surface area contributed by atoms with Gasteiger partial charge in [-0.05, 0) is 30.1 Å². The normalized spacial score (nSPS) is 27.3. The van der Waals surface area contributed by atoms with E-state index in [1.54, 1.807) is 34.6 Å². The van der Waals surface area contributed by atoms with Crippen molar-refractivity contribution in [3.8, 4) is 0 Å². The number of aromatic nitrogens is 2. The van der Waals surface area contributed by atoms with E-state index in [-0.39, 0.29) is 24.1 Å². The largest absolute Gasteiger partial charge is 0.480 e. The Bertz CT molecular complexity index is 1010. The molecular weight excluding hydrogens is 466 g/mol. The van der Waals surface area contributed by atoms with Gasteiger partial charge in [0.05, 0.1) is 18.3 Å². The average molecular weight is 504 g/mol. The van der Waals surface area contributed by atoms with Crippen LogP contribution in [0.2, 0.25) is 0 Å². The summed E-state index contributed by atoms with van der Waals surface area (Å²) in [4.78, 5) is 61.0. The molecule has 2 aliphatic rings. The Labute approximate surface area is 211 Å². The average Bonchev–Trinajstić information content (AvgIpc) is 3.26. The Morgan fingerprint density at radius 3 is 2.33 bits per heavy atom. The lowest BCUT2D eigenvalue weighted by atomic mass is 9.84. The van der Waals surface area contributed by atoms with Gasteiger partial charge >= 0.3 is 5.97 Å². The number of aliphatic hydroxyl groups is 1. The van der Waals surface area contributed by atoms with E-state index in [1.165, 1.54) is 23.5 Å². The molecule has 0 bridgehead atoms. The molecule has 0 radical (unpaired) electrons. The number of likely N-dealkylation sites (tertiary alicyclic amines) is 1. The number of nitrogens with zero attached hydrogens (tertiary/aromatic N) is 3. The Kier molecular flexibility index (Phi) is 7.73. The topological polar surface area (TPSA) is 162 Å². The SMILES string of the molecule is CC(C)C(NC(=O)c1cnccn1)C(=O)NC(C(=O)N1CC2(O)C(C)CC[C@@H]2C1C(=O)O)C(C)(C)C. The molecule has 1 aromatic heterocycles. The summed E-state index contributed by atoms with van der Waals surface area (Å²) in [6, 6.07) is -3.24. The first-order valence-corrected chi connectivity index (χ1v) is 12.3. The van der Waals surface area contributed by atoms with Crippen LogP contribution in [0.3, 0.4) is 0 Å². The molecule has 198 valence electrons. The highest BCUT2D eigenvalue weighted by Gasteiger charge is 2.62. The van der Waals surface area contributed by atoms with Gasteiger partial charge in [-0.25, -0.2) is 9.78 Å². The molecule has 36 heavy (non-hydrogen) atoms. The monoisotopic (exact) mass is 503 g/mol. The molecule has 5 unspecified atom stereocenters. The van der Waals surface area contributed by atoms with Crippen LogP contribution < -0.4 is 10.6 Å². The quantitative estimate of drug-likeness (QED) is 0.425. The lowest BCUT2D eigenvalue weighted by Gasteiger charge is -2.36. The fourth-order valence-corrected chi connectivity index (χ4v) is 5.32. The van der Waals surface area contributed by atoms with Crippen molar-refractivity contribution >= 4 is 23.7 Å². The molecule has 2 fully saturated rings. The number of hydrogen-bond acceptors (Lipinski definition) is 7. The standard InChI is InChI=1S/C25H37N5O6/c1-13(2)17(28-20(31)16-11-26-9-10-27-16)21(32)29-19(24(4,5)6)22(33)30-12-25(36)14(3)7-8-15(25)18(30)23(34)35/h9-11,13-15,17-19,36H,7-8,12H2,1-6H3,(H,28,31)(H,29,32)(H,34,35)/t14?,15-,17?,18?,19?,25?/m1/s1. The van der Waals surface area contributed by atoms with Crippen molar-refractivity contribution in [2.45, 2.75) is 78.1 Å². The maximum absolute atomic E-state index is 13.8. The highest BCUT2D eigenvalue weighted by Crippen LogP contribution is 2.49. The summed E-state index contributed by atoms with van der Waals surface area (Å²) < 4.78 is 0. The Morgan fingerprint density at radius 1 is 1.14 bits per heavy atom. The van der Waals surface area contributed by atoms with Gasteiger partial charge in [0.15, 0.2) is 0 Å². The molecule has 0 aromatic carbocycles. The minimum Gasteiger partial charge on any atom is -0.480 e. The van der Waals surface area contributed by atoms with E-state index in [0.29, 0.717) is 12.8 Å². The predicted molar refractivity (Wildman–Crippen MR) is 129 cm³/mol. The first-order valence-electron chi connectivity index (χ1n) is 12.3. The molecule has 11 heteroatoms. The number of β-amino-alcohol motifs (C(OH)–C–C–N with tert-alkyl or cyclic N) is 1. The van der Waals surface area contributed by atoms with Gasteiger partial charge in [0.1, 0.15) is 23.8 Å². The number of carbonyl (C=O) groups is 4. The van der Waals surface area contributed by atoms with Crippen LogP contribution in [-0.4, -0.2) is 79.0 Å². The van der Waals surface area contributed by atoms with Gasteiger partial charge in [0.25, 0.3) is 5.91 Å². The van der Waals surface area contributed by atoms with Crippen molar-refractivity contribution in [1.29, 1.82) is 0 Å². The van der Waals surface area contributed by atoms with Gasteiger partial charge in [-0.2, -0.15) is 0 Å². The summed E-state index contributed by atoms with van der Waals surface area (Å²) in [6.45, 7) is 10.6. The molecule has 11 nitrogen and oxygen atoms in total. The zero-order valence-corrected chi connectivity index (χ0v) is 21.7. The summed E-state index contributed by atoms with van der Waals surface area (Å²) in [6.07, 6.45) is 5.28. The number of fused-ring (bicyclic) bond motifs is 1. The van der Waals surface area contributed by atoms with Crippen molar-refractivity contribution in [3.05, 3.63) is 24.3 Å². The predicted octanol–water partition coefficient (Wildman–Crippen LogP) is 0.835. The number of nitrogens with one attached hydrogen (secondary N) is 2. The molecule has 6 atom stereocenters. The van der Waals surface area contributed by atoms with Crippen LogP contribution >= 0.6 is 0 Å². The highest BCUT2D eigenvalue weighted by atomic mass is 16.4. The molecule has 4 N–H and O–H groups in total. The van der Waals surface area contributed by atoms with Crippen LogP contribution in [0.15, 0.2) is 18.6 Å². The second kappa shape index (κ2) is 10.1. The van der Waals surface area contributed by atoms with Gasteiger partial charge in [-0.3, -0.25) is 19.4 Å². The van der Waals surface area contributed by atoms with E-state index < -0.39 is 58.8 Å². The number of rotatable bonds is 7. The number of carboxylic acids is 1. The molecular formula is C25H37N5O6. The Morgan fingerprint density at radius 2 is 1.81 bits per heavy atom. The maximum atomic E-state index is 13.8. The van der Waals surface area contributed by atoms with Crippen LogP contribution in [0.5, 0.6) is 0 Å². The van der Waals surface area contributed by atoms with Crippen LogP contribution in [0, 0.1) is 23.2 Å². The third kappa shape index (κ3) is 5.21. The minimum atomic E-state index is -1.28. The summed E-state index contributed by atoms with van der Waals surface area (Å²) in [5, 5.41) is 26.7. The summed E-state index contributed by atoms with van der Waals surface area (Å²) in [7, 11) is 0. The molecule has 1 saturated heterocycles. The summed E-state index contributed by atoms with van der Waals surface area (Å²) >= 11 is 0. The summed E-state index contributed by atoms with van der Waals surface area (Å²) in [5.41, 5.74) is -2.01. The van der Waals surface area contributed by atoms with Crippen LogP contribution in [-0.2, 0) is 14.4 Å². The van der Waals surface area contributed by atoms with Crippen molar-refractivity contribution < 1.29 is 29.4 Å². The lowest BCUT2D eigenvalue weighted by Crippen LogP contribution is -2.61. The van der Waals surface area contributed by atoms with Crippen LogP contribution in [0.4, 0.5) is 0 Å². The fraction of sp³-hybridized carbons (Fsp3) is 0.680. The van der Waals surface area contributed by atoms with Crippen LogP contribution in [0.1, 0.15) is 64.9 Å². The highest BCUT2D eigenvalue weighted by molar-refractivity contribution is 5.97. The molecule has 1 aromatic rings. The maximum Gasteiger partial charge on any atom is 0.326 e. The minimum absolute atomic E-state index is 0.0506. The van der Waals surface area contributed by atoms with Crippen LogP contribution in [0.25, 0.3) is 0 Å². The first kappa shape index (κ1) is 27.5. The van der Waals surface area contributed by atoms with E-state index >= 15 is 0 Å². The van der Waals surface area contributed by atoms with E-state index in [4.69, 9.17) is 0 Å². The van der Waals surface area contributed by atoms with Crippen molar-refractivity contribution in [2.75, 3.05) is 6.54 Å². The molecule has 1 aliphatic heterocycles. The van der Waals surface area contributed by atoms with E-state index in [1.807, 2.05) is 6.92 Å². The van der Waals surface area contributed by atoms with E-state index in [2.05, 4.69) is 20.6 Å². The fourth-order valence-electron chi connectivity index (χ4n) is 5.32. The van der Waals surface area contributed by atoms with Gasteiger partial charge in [0.2, 0.25) is 11.8 Å². The van der Waals surface area contributed by atoms with Crippen molar-refractivity contribution in [1.82, 2.24) is 25.5 Å². The Balaban J connectivity index is 1.84. The second-order valence-corrected chi connectivity index (χ2v) is 11.4. The first-order chi connectivity index (χ1) is 16.7. The summed E-state index contributed by atoms with van der Waals surface area (Å²) in [5.74, 6) is -3.93. The Hall–Kier alpha value is -3.08. The molecule has 1 aliphatic carbocycles. The van der Waals surface area contributed by atoms with E-state index in [0.717, 1.165) is 0 Å². The number of carboxylic acid groups (broad SMARTS) is 1. The molecule has 1 saturated carbocycles. The van der Waals surface area contributed by atoms with Gasteiger partial charge < -0.3 is 25.7 Å². The number of aliphatic carboxylic acids is 1. The zero-order valence-electron chi connectivity index (χ0n) is 21.7. The smallest absolute Gasteiger partial charge is 0.326 e. The third-order valence-electron chi connectivity index (χ3n) is 7.51. The molecule has 3 amide bonds.